The molecule has 0 spiro atoms. The number of carbonyl (C=O) groups is 1. The van der Waals surface area contributed by atoms with Gasteiger partial charge in [-0.2, -0.15) is 0 Å². The van der Waals surface area contributed by atoms with Crippen molar-refractivity contribution in [1.29, 1.82) is 0 Å². The Bertz CT molecular complexity index is 608. The molecule has 0 saturated heterocycles. The molecule has 4 nitrogen and oxygen atoms in total. The van der Waals surface area contributed by atoms with E-state index in [1.165, 1.54) is 5.56 Å². The number of nitrogens with zero attached hydrogens (tertiary/aromatic N) is 2. The molecule has 1 amide bonds. The Balaban J connectivity index is 2.17. The first-order valence-corrected chi connectivity index (χ1v) is 7.17. The van der Waals surface area contributed by atoms with Crippen LogP contribution in [0.5, 0.6) is 0 Å². The highest BCUT2D eigenvalue weighted by atomic mass is 16.2. The highest BCUT2D eigenvalue weighted by Gasteiger charge is 2.15. The SMILES string of the molecule is CCCNc1cccc(C(=O)N(C)c2ccc(C)cc2)n1. The average Bonchev–Trinajstić information content (AvgIpc) is 2.52. The Labute approximate surface area is 125 Å². The van der Waals surface area contributed by atoms with E-state index in [4.69, 9.17) is 0 Å². The van der Waals surface area contributed by atoms with Crippen LogP contribution < -0.4 is 10.2 Å². The van der Waals surface area contributed by atoms with Gasteiger partial charge in [0.25, 0.3) is 5.91 Å². The van der Waals surface area contributed by atoms with E-state index < -0.39 is 0 Å². The zero-order valence-electron chi connectivity index (χ0n) is 12.8. The van der Waals surface area contributed by atoms with Gasteiger partial charge in [0, 0.05) is 19.3 Å². The van der Waals surface area contributed by atoms with E-state index in [2.05, 4.69) is 17.2 Å². The summed E-state index contributed by atoms with van der Waals surface area (Å²) in [7, 11) is 1.76. The van der Waals surface area contributed by atoms with Crippen LogP contribution in [-0.4, -0.2) is 24.5 Å². The standard InChI is InChI=1S/C17H21N3O/c1-4-12-18-16-7-5-6-15(19-16)17(21)20(3)14-10-8-13(2)9-11-14/h5-11H,4,12H2,1-3H3,(H,18,19). The number of aryl methyl sites for hydroxylation is 1. The summed E-state index contributed by atoms with van der Waals surface area (Å²) in [5, 5.41) is 3.19. The molecule has 0 atom stereocenters. The fourth-order valence-electron chi connectivity index (χ4n) is 1.96. The van der Waals surface area contributed by atoms with Crippen molar-refractivity contribution in [2.45, 2.75) is 20.3 Å². The van der Waals surface area contributed by atoms with E-state index in [9.17, 15) is 4.79 Å². The van der Waals surface area contributed by atoms with E-state index in [0.717, 1.165) is 24.5 Å². The third-order valence-corrected chi connectivity index (χ3v) is 3.25. The molecule has 0 bridgehead atoms. The first kappa shape index (κ1) is 15.0. The number of hydrogen-bond acceptors (Lipinski definition) is 3. The molecule has 0 fully saturated rings. The third kappa shape index (κ3) is 3.81. The number of anilines is 2. The number of carbonyl (C=O) groups excluding carboxylic acids is 1. The van der Waals surface area contributed by atoms with E-state index in [1.807, 2.05) is 43.3 Å². The van der Waals surface area contributed by atoms with E-state index in [1.54, 1.807) is 18.0 Å². The summed E-state index contributed by atoms with van der Waals surface area (Å²) in [6.45, 7) is 4.96. The number of pyridine rings is 1. The van der Waals surface area contributed by atoms with Gasteiger partial charge in [-0.05, 0) is 37.6 Å². The second-order valence-corrected chi connectivity index (χ2v) is 5.03. The van der Waals surface area contributed by atoms with Crippen molar-refractivity contribution in [3.63, 3.8) is 0 Å². The molecule has 2 rings (SSSR count). The van der Waals surface area contributed by atoms with Crippen molar-refractivity contribution in [1.82, 2.24) is 4.98 Å². The predicted octanol–water partition coefficient (Wildman–Crippen LogP) is 3.49. The Morgan fingerprint density at radius 1 is 1.19 bits per heavy atom. The molecule has 0 aliphatic carbocycles. The first-order valence-electron chi connectivity index (χ1n) is 7.17. The highest BCUT2D eigenvalue weighted by Crippen LogP contribution is 2.16. The molecule has 1 heterocycles. The Hall–Kier alpha value is -2.36. The maximum absolute atomic E-state index is 12.5. The molecule has 0 unspecified atom stereocenters. The maximum atomic E-state index is 12.5. The molecule has 0 radical (unpaired) electrons. The van der Waals surface area contributed by atoms with Gasteiger partial charge in [0.05, 0.1) is 0 Å². The van der Waals surface area contributed by atoms with E-state index >= 15 is 0 Å². The van der Waals surface area contributed by atoms with Crippen LogP contribution in [0, 0.1) is 6.92 Å². The second kappa shape index (κ2) is 6.88. The number of aromatic nitrogens is 1. The van der Waals surface area contributed by atoms with Crippen LogP contribution in [0.4, 0.5) is 11.5 Å². The van der Waals surface area contributed by atoms with Gasteiger partial charge in [-0.1, -0.05) is 30.7 Å². The monoisotopic (exact) mass is 283 g/mol. The van der Waals surface area contributed by atoms with Gasteiger partial charge in [0.2, 0.25) is 0 Å². The highest BCUT2D eigenvalue weighted by molar-refractivity contribution is 6.04. The number of hydrogen-bond donors (Lipinski definition) is 1. The van der Waals surface area contributed by atoms with Gasteiger partial charge < -0.3 is 10.2 Å². The largest absolute Gasteiger partial charge is 0.370 e. The summed E-state index contributed by atoms with van der Waals surface area (Å²) in [6.07, 6.45) is 1.02. The molecule has 0 aliphatic rings. The maximum Gasteiger partial charge on any atom is 0.276 e. The Morgan fingerprint density at radius 3 is 2.57 bits per heavy atom. The minimum absolute atomic E-state index is 0.112. The van der Waals surface area contributed by atoms with E-state index in [-0.39, 0.29) is 5.91 Å². The number of nitrogens with one attached hydrogen (secondary N) is 1. The minimum Gasteiger partial charge on any atom is -0.370 e. The second-order valence-electron chi connectivity index (χ2n) is 5.03. The zero-order valence-corrected chi connectivity index (χ0v) is 12.8. The first-order chi connectivity index (χ1) is 10.1. The lowest BCUT2D eigenvalue weighted by atomic mass is 10.2. The van der Waals surface area contributed by atoms with Gasteiger partial charge >= 0.3 is 0 Å². The molecule has 21 heavy (non-hydrogen) atoms. The van der Waals surface area contributed by atoms with Gasteiger partial charge in [-0.15, -0.1) is 0 Å². The number of amides is 1. The summed E-state index contributed by atoms with van der Waals surface area (Å²) >= 11 is 0. The lowest BCUT2D eigenvalue weighted by Crippen LogP contribution is -2.27. The lowest BCUT2D eigenvalue weighted by Gasteiger charge is -2.17. The third-order valence-electron chi connectivity index (χ3n) is 3.25. The predicted molar refractivity (Wildman–Crippen MR) is 86.9 cm³/mol. The number of benzene rings is 1. The molecule has 0 saturated carbocycles. The van der Waals surface area contributed by atoms with Crippen molar-refractivity contribution >= 4 is 17.4 Å². The van der Waals surface area contributed by atoms with Crippen molar-refractivity contribution in [2.75, 3.05) is 23.8 Å². The average molecular weight is 283 g/mol. The quantitative estimate of drug-likeness (QED) is 0.913. The molecule has 1 aromatic heterocycles. The van der Waals surface area contributed by atoms with Crippen LogP contribution in [0.25, 0.3) is 0 Å². The molecule has 1 N–H and O–H groups in total. The molecular weight excluding hydrogens is 262 g/mol. The summed E-state index contributed by atoms with van der Waals surface area (Å²) in [5.41, 5.74) is 2.47. The molecule has 0 aliphatic heterocycles. The van der Waals surface area contributed by atoms with Crippen molar-refractivity contribution < 1.29 is 4.79 Å². The van der Waals surface area contributed by atoms with Crippen LogP contribution >= 0.6 is 0 Å². The summed E-state index contributed by atoms with van der Waals surface area (Å²) in [5.74, 6) is 0.624. The zero-order chi connectivity index (χ0) is 15.2. The smallest absolute Gasteiger partial charge is 0.276 e. The number of rotatable bonds is 5. The van der Waals surface area contributed by atoms with Gasteiger partial charge in [-0.25, -0.2) is 4.98 Å². The molecule has 110 valence electrons. The normalized spacial score (nSPS) is 10.2. The van der Waals surface area contributed by atoms with Crippen molar-refractivity contribution in [2.24, 2.45) is 0 Å². The van der Waals surface area contributed by atoms with Crippen LogP contribution in [0.15, 0.2) is 42.5 Å². The summed E-state index contributed by atoms with van der Waals surface area (Å²) in [6, 6.07) is 13.3. The van der Waals surface area contributed by atoms with Crippen LogP contribution in [0.1, 0.15) is 29.4 Å². The van der Waals surface area contributed by atoms with Gasteiger partial charge in [-0.3, -0.25) is 4.79 Å². The Morgan fingerprint density at radius 2 is 1.90 bits per heavy atom. The molecule has 2 aromatic rings. The van der Waals surface area contributed by atoms with Crippen LogP contribution in [0.2, 0.25) is 0 Å². The van der Waals surface area contributed by atoms with Gasteiger partial charge in [0.1, 0.15) is 11.5 Å². The summed E-state index contributed by atoms with van der Waals surface area (Å²) in [4.78, 5) is 18.5. The molecule has 1 aromatic carbocycles. The molecular formula is C17H21N3O. The lowest BCUT2D eigenvalue weighted by molar-refractivity contribution is 0.0988. The molecule has 4 heteroatoms. The van der Waals surface area contributed by atoms with Gasteiger partial charge in [0.15, 0.2) is 0 Å². The Kier molecular flexibility index (Phi) is 4.93. The van der Waals surface area contributed by atoms with Crippen LogP contribution in [-0.2, 0) is 0 Å². The van der Waals surface area contributed by atoms with Crippen LogP contribution in [0.3, 0.4) is 0 Å². The minimum atomic E-state index is -0.112. The van der Waals surface area contributed by atoms with E-state index in [0.29, 0.717) is 5.69 Å². The summed E-state index contributed by atoms with van der Waals surface area (Å²) < 4.78 is 0. The fourth-order valence-corrected chi connectivity index (χ4v) is 1.96. The van der Waals surface area contributed by atoms with Crippen molar-refractivity contribution in [3.05, 3.63) is 53.7 Å². The fraction of sp³-hybridized carbons (Fsp3) is 0.294. The topological polar surface area (TPSA) is 45.2 Å². The van der Waals surface area contributed by atoms with Crippen molar-refractivity contribution in [3.8, 4) is 0 Å².